The predicted molar refractivity (Wildman–Crippen MR) is 93.2 cm³/mol. The Morgan fingerprint density at radius 2 is 2.17 bits per heavy atom. The van der Waals surface area contributed by atoms with Gasteiger partial charge in [-0.25, -0.2) is 9.97 Å². The molecule has 4 rings (SSSR count). The van der Waals surface area contributed by atoms with Crippen LogP contribution in [0.5, 0.6) is 5.88 Å². The Bertz CT molecular complexity index is 696. The summed E-state index contributed by atoms with van der Waals surface area (Å²) in [6.45, 7) is 5.76. The zero-order valence-electron chi connectivity index (χ0n) is 14.4. The molecule has 5 heteroatoms. The summed E-state index contributed by atoms with van der Waals surface area (Å²) >= 11 is 0. The molecule has 1 aliphatic carbocycles. The number of rotatable bonds is 5. The Balaban J connectivity index is 1.41. The lowest BCUT2D eigenvalue weighted by Gasteiger charge is -2.20. The number of hydrogen-bond acceptors (Lipinski definition) is 4. The van der Waals surface area contributed by atoms with Gasteiger partial charge in [-0.05, 0) is 45.1 Å². The van der Waals surface area contributed by atoms with Crippen molar-refractivity contribution < 1.29 is 4.74 Å². The quantitative estimate of drug-likeness (QED) is 0.847. The number of aromatic nitrogens is 3. The van der Waals surface area contributed by atoms with Gasteiger partial charge in [0.1, 0.15) is 0 Å². The number of fused-ring (bicyclic) bond motifs is 1. The summed E-state index contributed by atoms with van der Waals surface area (Å²) in [5.41, 5.74) is 3.92. The average Bonchev–Trinajstić information content (AvgIpc) is 3.22. The number of ether oxygens (including phenoxy) is 1. The molecule has 0 amide bonds. The van der Waals surface area contributed by atoms with Gasteiger partial charge in [0.05, 0.1) is 24.3 Å². The van der Waals surface area contributed by atoms with Crippen molar-refractivity contribution in [2.45, 2.75) is 51.6 Å². The summed E-state index contributed by atoms with van der Waals surface area (Å²) in [6.07, 6.45) is 8.24. The third-order valence-electron chi connectivity index (χ3n) is 5.16. The highest BCUT2D eigenvalue weighted by Gasteiger charge is 2.27. The molecule has 0 N–H and O–H groups in total. The molecule has 1 saturated heterocycles. The number of imidazole rings is 1. The molecule has 0 bridgehead atoms. The van der Waals surface area contributed by atoms with E-state index in [-0.39, 0.29) is 0 Å². The highest BCUT2D eigenvalue weighted by atomic mass is 16.5. The van der Waals surface area contributed by atoms with Gasteiger partial charge in [0, 0.05) is 37.4 Å². The molecule has 0 aromatic carbocycles. The fraction of sp³-hybridized carbons (Fsp3) is 0.579. The molecule has 0 unspecified atom stereocenters. The second-order valence-electron chi connectivity index (χ2n) is 6.83. The number of hydrogen-bond donors (Lipinski definition) is 0. The van der Waals surface area contributed by atoms with Gasteiger partial charge in [0.2, 0.25) is 5.88 Å². The Kier molecular flexibility index (Phi) is 4.52. The second kappa shape index (κ2) is 6.93. The minimum Gasteiger partial charge on any atom is -0.478 e. The lowest BCUT2D eigenvalue weighted by molar-refractivity contribution is 0.301. The predicted octanol–water partition coefficient (Wildman–Crippen LogP) is 3.00. The van der Waals surface area contributed by atoms with Crippen molar-refractivity contribution in [3.8, 4) is 5.88 Å². The molecule has 2 aromatic rings. The van der Waals surface area contributed by atoms with Crippen molar-refractivity contribution in [3.05, 3.63) is 41.6 Å². The molecule has 1 fully saturated rings. The summed E-state index contributed by atoms with van der Waals surface area (Å²) in [7, 11) is 0. The van der Waals surface area contributed by atoms with E-state index in [0.29, 0.717) is 12.6 Å². The van der Waals surface area contributed by atoms with Crippen LogP contribution in [-0.2, 0) is 19.4 Å². The standard InChI is InChI=1S/C19H26N4O/c1-2-24-19-9-5-6-15(21-19)12-22-11-10-16(13-22)23-14-20-17-7-3-4-8-18(17)23/h5-6,9,14,16H,2-4,7-8,10-13H2,1H3/t16-/m1/s1. The average molecular weight is 326 g/mol. The minimum atomic E-state index is 0.564. The molecule has 2 aromatic heterocycles. The van der Waals surface area contributed by atoms with Crippen molar-refractivity contribution in [2.24, 2.45) is 0 Å². The third kappa shape index (κ3) is 3.18. The van der Waals surface area contributed by atoms with Crippen LogP contribution in [-0.4, -0.2) is 39.1 Å². The van der Waals surface area contributed by atoms with Crippen molar-refractivity contribution >= 4 is 0 Å². The van der Waals surface area contributed by atoms with Gasteiger partial charge in [-0.15, -0.1) is 0 Å². The molecule has 0 radical (unpaired) electrons. The van der Waals surface area contributed by atoms with E-state index in [1.54, 1.807) is 0 Å². The molecular weight excluding hydrogens is 300 g/mol. The first-order valence-electron chi connectivity index (χ1n) is 9.19. The van der Waals surface area contributed by atoms with E-state index in [1.165, 1.54) is 37.1 Å². The molecule has 1 atom stereocenters. The van der Waals surface area contributed by atoms with E-state index >= 15 is 0 Å². The summed E-state index contributed by atoms with van der Waals surface area (Å²) in [4.78, 5) is 11.8. The van der Waals surface area contributed by atoms with Gasteiger partial charge in [-0.1, -0.05) is 6.07 Å². The molecule has 24 heavy (non-hydrogen) atoms. The summed E-state index contributed by atoms with van der Waals surface area (Å²) in [6, 6.07) is 6.62. The fourth-order valence-electron chi connectivity index (χ4n) is 3.99. The van der Waals surface area contributed by atoms with Gasteiger partial charge in [0.25, 0.3) is 0 Å². The Morgan fingerprint density at radius 3 is 3.08 bits per heavy atom. The third-order valence-corrected chi connectivity index (χ3v) is 5.16. The zero-order chi connectivity index (χ0) is 16.4. The Morgan fingerprint density at radius 1 is 1.25 bits per heavy atom. The Labute approximate surface area is 143 Å². The minimum absolute atomic E-state index is 0.564. The van der Waals surface area contributed by atoms with Gasteiger partial charge < -0.3 is 9.30 Å². The smallest absolute Gasteiger partial charge is 0.213 e. The normalized spacial score (nSPS) is 21.0. The van der Waals surface area contributed by atoms with Crippen molar-refractivity contribution in [1.82, 2.24) is 19.4 Å². The largest absolute Gasteiger partial charge is 0.478 e. The topological polar surface area (TPSA) is 43.2 Å². The highest BCUT2D eigenvalue weighted by molar-refractivity contribution is 5.18. The van der Waals surface area contributed by atoms with Gasteiger partial charge >= 0.3 is 0 Å². The van der Waals surface area contributed by atoms with Crippen molar-refractivity contribution in [3.63, 3.8) is 0 Å². The van der Waals surface area contributed by atoms with Crippen LogP contribution in [0, 0.1) is 0 Å². The van der Waals surface area contributed by atoms with Crippen LogP contribution in [0.15, 0.2) is 24.5 Å². The molecule has 0 saturated carbocycles. The monoisotopic (exact) mass is 326 g/mol. The lowest BCUT2D eigenvalue weighted by atomic mass is 10.0. The van der Waals surface area contributed by atoms with Crippen LogP contribution >= 0.6 is 0 Å². The van der Waals surface area contributed by atoms with Crippen molar-refractivity contribution in [1.29, 1.82) is 0 Å². The number of likely N-dealkylation sites (tertiary alicyclic amines) is 1. The molecule has 1 aliphatic heterocycles. The van der Waals surface area contributed by atoms with E-state index in [4.69, 9.17) is 4.74 Å². The van der Waals surface area contributed by atoms with Crippen LogP contribution in [0.4, 0.5) is 0 Å². The van der Waals surface area contributed by atoms with Gasteiger partial charge in [-0.2, -0.15) is 0 Å². The SMILES string of the molecule is CCOc1cccc(CN2CC[C@@H](n3cnc4c3CCCC4)C2)n1. The maximum atomic E-state index is 5.51. The van der Waals surface area contributed by atoms with E-state index in [9.17, 15) is 0 Å². The van der Waals surface area contributed by atoms with Crippen LogP contribution in [0.1, 0.15) is 49.3 Å². The van der Waals surface area contributed by atoms with E-state index in [1.807, 2.05) is 19.1 Å². The van der Waals surface area contributed by atoms with Crippen LogP contribution < -0.4 is 4.74 Å². The fourth-order valence-corrected chi connectivity index (χ4v) is 3.99. The molecule has 128 valence electrons. The molecule has 5 nitrogen and oxygen atoms in total. The first-order chi connectivity index (χ1) is 11.8. The maximum absolute atomic E-state index is 5.51. The van der Waals surface area contributed by atoms with E-state index in [2.05, 4.69) is 31.8 Å². The van der Waals surface area contributed by atoms with E-state index in [0.717, 1.165) is 37.6 Å². The van der Waals surface area contributed by atoms with Gasteiger partial charge in [0.15, 0.2) is 0 Å². The Hall–Kier alpha value is -1.88. The first kappa shape index (κ1) is 15.6. The maximum Gasteiger partial charge on any atom is 0.213 e. The number of aryl methyl sites for hydroxylation is 1. The van der Waals surface area contributed by atoms with Crippen LogP contribution in [0.3, 0.4) is 0 Å². The zero-order valence-corrected chi connectivity index (χ0v) is 14.4. The van der Waals surface area contributed by atoms with Crippen molar-refractivity contribution in [2.75, 3.05) is 19.7 Å². The molecular formula is C19H26N4O. The summed E-state index contributed by atoms with van der Waals surface area (Å²) in [5.74, 6) is 0.731. The lowest BCUT2D eigenvalue weighted by Crippen LogP contribution is -2.22. The van der Waals surface area contributed by atoms with Crippen LogP contribution in [0.25, 0.3) is 0 Å². The summed E-state index contributed by atoms with van der Waals surface area (Å²) in [5, 5.41) is 0. The summed E-state index contributed by atoms with van der Waals surface area (Å²) < 4.78 is 7.97. The highest BCUT2D eigenvalue weighted by Crippen LogP contribution is 2.28. The van der Waals surface area contributed by atoms with Gasteiger partial charge in [-0.3, -0.25) is 4.90 Å². The molecule has 0 spiro atoms. The molecule has 3 heterocycles. The first-order valence-corrected chi connectivity index (χ1v) is 9.19. The number of nitrogens with zero attached hydrogens (tertiary/aromatic N) is 4. The second-order valence-corrected chi connectivity index (χ2v) is 6.83. The molecule has 2 aliphatic rings. The van der Waals surface area contributed by atoms with Crippen LogP contribution in [0.2, 0.25) is 0 Å². The number of pyridine rings is 1. The van der Waals surface area contributed by atoms with E-state index < -0.39 is 0 Å².